The minimum atomic E-state index is -0.477. The molecule has 27 heavy (non-hydrogen) atoms. The van der Waals surface area contributed by atoms with Gasteiger partial charge >= 0.3 is 0 Å². The molecule has 4 atom stereocenters. The maximum Gasteiger partial charge on any atom is 0.114 e. The fourth-order valence-electron chi connectivity index (χ4n) is 6.80. The zero-order chi connectivity index (χ0) is 18.3. The van der Waals surface area contributed by atoms with Crippen molar-refractivity contribution >= 4 is 10.9 Å². The molecular weight excluding hydrogens is 336 g/mol. The molecule has 4 unspecified atom stereocenters. The third-order valence-corrected chi connectivity index (χ3v) is 7.98. The number of hydrogen-bond donors (Lipinski definition) is 3. The van der Waals surface area contributed by atoms with Crippen LogP contribution in [0.1, 0.15) is 74.8 Å². The molecule has 2 aliphatic heterocycles. The zero-order valence-corrected chi connectivity index (χ0v) is 16.1. The minimum Gasteiger partial charge on any atom is -0.390 e. The molecule has 2 saturated heterocycles. The number of aromatic amines is 1. The van der Waals surface area contributed by atoms with E-state index in [-0.39, 0.29) is 5.92 Å². The summed E-state index contributed by atoms with van der Waals surface area (Å²) in [7, 11) is 0. The van der Waals surface area contributed by atoms with Gasteiger partial charge in [0, 0.05) is 35.1 Å². The van der Waals surface area contributed by atoms with Crippen molar-refractivity contribution in [3.8, 4) is 0 Å². The summed E-state index contributed by atoms with van der Waals surface area (Å²) in [6.45, 7) is 2.18. The standard InChI is InChI=1S/C23H30N2O2/c1-13(19-12-24-20-4-2-3-18(21(19)20)15-5-6-15)22(26)25-16-7-14-8-17(25)11-23(27,9-14)10-16/h2-4,12-17,22,24,26-27H,5-11H2,1H3. The zero-order valence-electron chi connectivity index (χ0n) is 16.1. The number of hydrogen-bond acceptors (Lipinski definition) is 3. The third kappa shape index (κ3) is 2.46. The molecule has 3 aliphatic carbocycles. The molecule has 0 amide bonds. The second-order valence-electron chi connectivity index (χ2n) is 9.92. The Morgan fingerprint density at radius 1 is 1.15 bits per heavy atom. The van der Waals surface area contributed by atoms with Crippen LogP contribution in [0.4, 0.5) is 0 Å². The van der Waals surface area contributed by atoms with Crippen molar-refractivity contribution in [2.75, 3.05) is 0 Å². The molecule has 5 fully saturated rings. The van der Waals surface area contributed by atoms with Gasteiger partial charge in [-0.15, -0.1) is 0 Å². The highest BCUT2D eigenvalue weighted by Gasteiger charge is 2.55. The van der Waals surface area contributed by atoms with E-state index < -0.39 is 11.8 Å². The molecule has 4 nitrogen and oxygen atoms in total. The number of aromatic nitrogens is 1. The lowest BCUT2D eigenvalue weighted by Crippen LogP contribution is -2.67. The van der Waals surface area contributed by atoms with Gasteiger partial charge in [-0.2, -0.15) is 0 Å². The number of rotatable bonds is 4. The maximum absolute atomic E-state index is 11.4. The van der Waals surface area contributed by atoms with E-state index in [1.807, 2.05) is 0 Å². The Kier molecular flexibility index (Phi) is 3.43. The summed E-state index contributed by atoms with van der Waals surface area (Å²) < 4.78 is 0. The van der Waals surface area contributed by atoms with Crippen molar-refractivity contribution in [1.82, 2.24) is 9.88 Å². The number of fused-ring (bicyclic) bond motifs is 1. The van der Waals surface area contributed by atoms with E-state index in [0.29, 0.717) is 23.9 Å². The van der Waals surface area contributed by atoms with Gasteiger partial charge in [-0.3, -0.25) is 4.90 Å². The first-order chi connectivity index (χ1) is 13.0. The van der Waals surface area contributed by atoms with Crippen LogP contribution >= 0.6 is 0 Å². The number of H-pyrrole nitrogens is 1. The molecule has 4 bridgehead atoms. The molecule has 5 aliphatic rings. The van der Waals surface area contributed by atoms with Gasteiger partial charge < -0.3 is 15.2 Å². The average molecular weight is 367 g/mol. The molecule has 144 valence electrons. The van der Waals surface area contributed by atoms with Crippen LogP contribution in [0.15, 0.2) is 24.4 Å². The summed E-state index contributed by atoms with van der Waals surface area (Å²) in [5.74, 6) is 1.41. The molecule has 0 spiro atoms. The van der Waals surface area contributed by atoms with Gasteiger partial charge in [-0.05, 0) is 74.0 Å². The van der Waals surface area contributed by atoms with Gasteiger partial charge in [-0.25, -0.2) is 0 Å². The predicted octanol–water partition coefficient (Wildman–Crippen LogP) is 3.85. The highest BCUT2D eigenvalue weighted by Crippen LogP contribution is 2.53. The molecule has 7 rings (SSSR count). The van der Waals surface area contributed by atoms with E-state index in [1.54, 1.807) is 0 Å². The number of nitrogens with one attached hydrogen (secondary N) is 1. The molecule has 3 saturated carbocycles. The Bertz CT molecular complexity index is 870. The summed E-state index contributed by atoms with van der Waals surface area (Å²) in [5.41, 5.74) is 3.45. The Labute approximate surface area is 160 Å². The van der Waals surface area contributed by atoms with Crippen LogP contribution in [0, 0.1) is 5.92 Å². The van der Waals surface area contributed by atoms with Crippen molar-refractivity contribution in [3.63, 3.8) is 0 Å². The number of aliphatic hydroxyl groups excluding tert-OH is 1. The van der Waals surface area contributed by atoms with E-state index in [9.17, 15) is 10.2 Å². The Balaban J connectivity index is 1.34. The van der Waals surface area contributed by atoms with Crippen LogP contribution in [0.5, 0.6) is 0 Å². The first-order valence-corrected chi connectivity index (χ1v) is 10.8. The van der Waals surface area contributed by atoms with Crippen LogP contribution in [0.2, 0.25) is 0 Å². The quantitative estimate of drug-likeness (QED) is 0.770. The van der Waals surface area contributed by atoms with E-state index >= 15 is 0 Å². The Morgan fingerprint density at radius 3 is 2.56 bits per heavy atom. The van der Waals surface area contributed by atoms with E-state index in [1.165, 1.54) is 34.9 Å². The first-order valence-electron chi connectivity index (χ1n) is 10.8. The largest absolute Gasteiger partial charge is 0.390 e. The van der Waals surface area contributed by atoms with E-state index in [0.717, 1.165) is 32.1 Å². The number of piperidine rings is 2. The van der Waals surface area contributed by atoms with Crippen LogP contribution < -0.4 is 0 Å². The molecule has 3 N–H and O–H groups in total. The van der Waals surface area contributed by atoms with Gasteiger partial charge in [-0.1, -0.05) is 19.1 Å². The van der Waals surface area contributed by atoms with Gasteiger partial charge in [0.15, 0.2) is 0 Å². The molecule has 1 aromatic carbocycles. The van der Waals surface area contributed by atoms with Crippen LogP contribution in [-0.2, 0) is 0 Å². The molecule has 4 heteroatoms. The fourth-order valence-corrected chi connectivity index (χ4v) is 6.80. The maximum atomic E-state index is 11.4. The summed E-state index contributed by atoms with van der Waals surface area (Å²) in [6.07, 6.45) is 9.16. The molecule has 2 aromatic rings. The Hall–Kier alpha value is -1.36. The van der Waals surface area contributed by atoms with Crippen molar-refractivity contribution in [2.24, 2.45) is 5.92 Å². The summed E-state index contributed by atoms with van der Waals surface area (Å²) >= 11 is 0. The minimum absolute atomic E-state index is 0.0609. The second-order valence-corrected chi connectivity index (χ2v) is 9.92. The first kappa shape index (κ1) is 16.6. The highest BCUT2D eigenvalue weighted by atomic mass is 16.3. The molecule has 3 heterocycles. The molecular formula is C23H30N2O2. The highest BCUT2D eigenvalue weighted by molar-refractivity contribution is 5.88. The van der Waals surface area contributed by atoms with Gasteiger partial charge in [0.2, 0.25) is 0 Å². The topological polar surface area (TPSA) is 59.5 Å². The summed E-state index contributed by atoms with van der Waals surface area (Å²) in [5, 5.41) is 23.6. The Morgan fingerprint density at radius 2 is 1.89 bits per heavy atom. The van der Waals surface area contributed by atoms with Crippen molar-refractivity contribution in [2.45, 2.75) is 87.6 Å². The van der Waals surface area contributed by atoms with Crippen LogP contribution in [0.25, 0.3) is 10.9 Å². The number of benzene rings is 1. The van der Waals surface area contributed by atoms with Gasteiger partial charge in [0.05, 0.1) is 5.60 Å². The van der Waals surface area contributed by atoms with E-state index in [4.69, 9.17) is 0 Å². The second kappa shape index (κ2) is 5.59. The predicted molar refractivity (Wildman–Crippen MR) is 106 cm³/mol. The lowest BCUT2D eigenvalue weighted by Gasteiger charge is -2.61. The van der Waals surface area contributed by atoms with Crippen LogP contribution in [-0.4, -0.2) is 44.0 Å². The lowest BCUT2D eigenvalue weighted by atomic mass is 9.61. The van der Waals surface area contributed by atoms with Crippen molar-refractivity contribution in [3.05, 3.63) is 35.5 Å². The SMILES string of the molecule is CC(c1c[nH]c2cccc(C3CC3)c12)C(O)N1C2CC3CC1CC(O)(C3)C2. The average Bonchev–Trinajstić information content (AvgIpc) is 3.37. The number of nitrogens with zero attached hydrogens (tertiary/aromatic N) is 1. The number of aliphatic hydroxyl groups is 2. The summed E-state index contributed by atoms with van der Waals surface area (Å²) in [4.78, 5) is 5.82. The van der Waals surface area contributed by atoms with Crippen molar-refractivity contribution < 1.29 is 10.2 Å². The normalized spacial score (nSPS) is 37.8. The lowest BCUT2D eigenvalue weighted by molar-refractivity contribution is -0.201. The van der Waals surface area contributed by atoms with Gasteiger partial charge in [0.25, 0.3) is 0 Å². The summed E-state index contributed by atoms with van der Waals surface area (Å²) in [6, 6.07) is 7.26. The third-order valence-electron chi connectivity index (χ3n) is 7.98. The molecule has 1 aromatic heterocycles. The fraction of sp³-hybridized carbons (Fsp3) is 0.652. The monoisotopic (exact) mass is 366 g/mol. The van der Waals surface area contributed by atoms with Gasteiger partial charge in [0.1, 0.15) is 6.23 Å². The smallest absolute Gasteiger partial charge is 0.114 e. The van der Waals surface area contributed by atoms with E-state index in [2.05, 4.69) is 41.2 Å². The molecule has 0 radical (unpaired) electrons. The van der Waals surface area contributed by atoms with Crippen LogP contribution in [0.3, 0.4) is 0 Å². The van der Waals surface area contributed by atoms with Crippen molar-refractivity contribution in [1.29, 1.82) is 0 Å².